The first-order valence-electron chi connectivity index (χ1n) is 16.0. The summed E-state index contributed by atoms with van der Waals surface area (Å²) in [6.07, 6.45) is 3.31. The third kappa shape index (κ3) is 10.2. The maximum Gasteiger partial charge on any atom is 0.224 e. The second-order valence-electron chi connectivity index (χ2n) is 11.8. The zero-order valence-electron chi connectivity index (χ0n) is 26.7. The number of aromatic nitrogens is 1. The van der Waals surface area contributed by atoms with Crippen LogP contribution in [0, 0.1) is 0 Å². The number of pyridine rings is 1. The predicted octanol–water partition coefficient (Wildman–Crippen LogP) is 5.62. The molecule has 4 aromatic rings. The van der Waals surface area contributed by atoms with Gasteiger partial charge < -0.3 is 35.8 Å². The van der Waals surface area contributed by atoms with Gasteiger partial charge in [0.25, 0.3) is 0 Å². The molecule has 0 aliphatic carbocycles. The summed E-state index contributed by atoms with van der Waals surface area (Å²) in [7, 11) is 2.09. The van der Waals surface area contributed by atoms with E-state index in [1.165, 1.54) is 0 Å². The smallest absolute Gasteiger partial charge is 0.224 e. The predicted molar refractivity (Wildman–Crippen MR) is 182 cm³/mol. The number of benzene rings is 3. The maximum absolute atomic E-state index is 12.6. The molecular weight excluding hydrogens is 594 g/mol. The summed E-state index contributed by atoms with van der Waals surface area (Å²) >= 11 is 0. The lowest BCUT2D eigenvalue weighted by Gasteiger charge is -2.38. The van der Waals surface area contributed by atoms with E-state index in [-0.39, 0.29) is 43.5 Å². The van der Waals surface area contributed by atoms with Crippen LogP contribution in [0.4, 0.5) is 17.1 Å². The van der Waals surface area contributed by atoms with E-state index in [2.05, 4.69) is 27.6 Å². The molecule has 3 atom stereocenters. The molecule has 3 aromatic carbocycles. The molecule has 1 aliphatic rings. The number of nitrogens with two attached hydrogens (primary N) is 1. The second-order valence-corrected chi connectivity index (χ2v) is 11.8. The molecule has 1 fully saturated rings. The van der Waals surface area contributed by atoms with Crippen molar-refractivity contribution in [2.75, 3.05) is 36.5 Å². The summed E-state index contributed by atoms with van der Waals surface area (Å²) in [6.45, 7) is 1.56. The third-order valence-electron chi connectivity index (χ3n) is 8.12. The van der Waals surface area contributed by atoms with Gasteiger partial charge in [-0.2, -0.15) is 0 Å². The van der Waals surface area contributed by atoms with Crippen LogP contribution in [0.25, 0.3) is 0 Å². The van der Waals surface area contributed by atoms with Crippen LogP contribution in [-0.4, -0.2) is 53.0 Å². The van der Waals surface area contributed by atoms with E-state index in [0.717, 1.165) is 41.9 Å². The Labute approximate surface area is 275 Å². The highest BCUT2D eigenvalue weighted by molar-refractivity contribution is 5.94. The number of hydrogen-bond acceptors (Lipinski definition) is 8. The van der Waals surface area contributed by atoms with Gasteiger partial charge in [-0.05, 0) is 61.0 Å². The van der Waals surface area contributed by atoms with Gasteiger partial charge in [-0.25, -0.2) is 0 Å². The van der Waals surface area contributed by atoms with Crippen molar-refractivity contribution in [3.8, 4) is 0 Å². The zero-order chi connectivity index (χ0) is 33.0. The monoisotopic (exact) mass is 637 g/mol. The number of carbonyl (C=O) groups is 2. The van der Waals surface area contributed by atoms with E-state index in [1.54, 1.807) is 24.3 Å². The molecule has 10 nitrogen and oxygen atoms in total. The number of aliphatic hydroxyl groups is 1. The normalized spacial score (nSPS) is 17.7. The van der Waals surface area contributed by atoms with Crippen LogP contribution in [0.15, 0.2) is 97.2 Å². The molecule has 0 bridgehead atoms. The molecule has 47 heavy (non-hydrogen) atoms. The standard InChI is InChI=1S/C37H43N5O5/c1-42(22-20-29-7-4-5-21-39-29)24-31-23-34(27-14-12-26(25-43)13-15-27)47-37(46-31)28-16-18-30(19-17-28)40-35(44)10-6-11-36(45)41-33-9-3-2-8-32(33)38/h2-5,7-9,12-19,21,31,34,37,43H,6,10-11,20,22-25,38H2,1H3,(H,40,44)(H,41,45). The molecule has 0 spiro atoms. The van der Waals surface area contributed by atoms with E-state index in [4.69, 9.17) is 15.2 Å². The van der Waals surface area contributed by atoms with Gasteiger partial charge in [0.2, 0.25) is 11.8 Å². The van der Waals surface area contributed by atoms with Crippen LogP contribution in [0.2, 0.25) is 0 Å². The molecule has 3 unspecified atom stereocenters. The Morgan fingerprint density at radius 1 is 0.894 bits per heavy atom. The third-order valence-corrected chi connectivity index (χ3v) is 8.12. The number of para-hydroxylation sites is 2. The van der Waals surface area contributed by atoms with Crippen molar-refractivity contribution in [2.45, 2.75) is 57.2 Å². The molecule has 1 aliphatic heterocycles. The average Bonchev–Trinajstić information content (AvgIpc) is 3.09. The summed E-state index contributed by atoms with van der Waals surface area (Å²) < 4.78 is 13.0. The molecule has 5 N–H and O–H groups in total. The Morgan fingerprint density at radius 3 is 2.30 bits per heavy atom. The number of ether oxygens (including phenoxy) is 2. The van der Waals surface area contributed by atoms with Crippen molar-refractivity contribution in [3.63, 3.8) is 0 Å². The first-order valence-corrected chi connectivity index (χ1v) is 16.0. The molecular formula is C37H43N5O5. The Balaban J connectivity index is 1.16. The van der Waals surface area contributed by atoms with Crippen molar-refractivity contribution in [3.05, 3.63) is 120 Å². The van der Waals surface area contributed by atoms with Crippen LogP contribution < -0.4 is 16.4 Å². The fraction of sp³-hybridized carbons (Fsp3) is 0.324. The van der Waals surface area contributed by atoms with E-state index >= 15 is 0 Å². The van der Waals surface area contributed by atoms with Crippen LogP contribution in [0.5, 0.6) is 0 Å². The minimum atomic E-state index is -0.595. The minimum Gasteiger partial charge on any atom is -0.397 e. The van der Waals surface area contributed by atoms with Gasteiger partial charge in [0, 0.05) is 61.9 Å². The van der Waals surface area contributed by atoms with Gasteiger partial charge >= 0.3 is 0 Å². The summed E-state index contributed by atoms with van der Waals surface area (Å²) in [5.41, 5.74) is 11.4. The summed E-state index contributed by atoms with van der Waals surface area (Å²) in [5, 5.41) is 15.2. The lowest BCUT2D eigenvalue weighted by molar-refractivity contribution is -0.252. The van der Waals surface area contributed by atoms with Gasteiger partial charge in [0.05, 0.1) is 30.2 Å². The molecule has 0 radical (unpaired) electrons. The van der Waals surface area contributed by atoms with Crippen molar-refractivity contribution < 1.29 is 24.2 Å². The summed E-state index contributed by atoms with van der Waals surface area (Å²) in [4.78, 5) is 31.6. The van der Waals surface area contributed by atoms with Crippen molar-refractivity contribution in [1.82, 2.24) is 9.88 Å². The number of anilines is 3. The van der Waals surface area contributed by atoms with E-state index in [0.29, 0.717) is 29.9 Å². The van der Waals surface area contributed by atoms with Crippen LogP contribution in [0.1, 0.15) is 60.5 Å². The van der Waals surface area contributed by atoms with Gasteiger partial charge in [0.15, 0.2) is 6.29 Å². The number of likely N-dealkylation sites (N-methyl/N-ethyl adjacent to an activating group) is 1. The summed E-state index contributed by atoms with van der Waals surface area (Å²) in [6, 6.07) is 28.3. The van der Waals surface area contributed by atoms with Crippen molar-refractivity contribution >= 4 is 28.9 Å². The highest BCUT2D eigenvalue weighted by Crippen LogP contribution is 2.38. The molecule has 2 amide bonds. The first kappa shape index (κ1) is 33.7. The van der Waals surface area contributed by atoms with Crippen LogP contribution in [-0.2, 0) is 32.1 Å². The Morgan fingerprint density at radius 2 is 1.60 bits per heavy atom. The Kier molecular flexibility index (Phi) is 12.1. The van der Waals surface area contributed by atoms with Crippen molar-refractivity contribution in [1.29, 1.82) is 0 Å². The highest BCUT2D eigenvalue weighted by atomic mass is 16.7. The quantitative estimate of drug-likeness (QED) is 0.131. The number of rotatable bonds is 14. The number of nitrogens with one attached hydrogen (secondary N) is 2. The number of aliphatic hydroxyl groups excluding tert-OH is 1. The SMILES string of the molecule is CN(CCc1ccccn1)CC1CC(c2ccc(CO)cc2)OC(c2ccc(NC(=O)CCCC(=O)Nc3ccccc3N)cc2)O1. The average molecular weight is 638 g/mol. The molecule has 0 saturated carbocycles. The van der Waals surface area contributed by atoms with E-state index in [9.17, 15) is 14.7 Å². The van der Waals surface area contributed by atoms with E-state index in [1.807, 2.05) is 72.9 Å². The minimum absolute atomic E-state index is 0.0107. The van der Waals surface area contributed by atoms with Gasteiger partial charge in [-0.1, -0.05) is 54.6 Å². The number of nitrogens with zero attached hydrogens (tertiary/aromatic N) is 2. The topological polar surface area (TPSA) is 139 Å². The molecule has 1 aromatic heterocycles. The second kappa shape index (κ2) is 16.8. The fourth-order valence-electron chi connectivity index (χ4n) is 5.50. The highest BCUT2D eigenvalue weighted by Gasteiger charge is 2.32. The number of amides is 2. The first-order chi connectivity index (χ1) is 22.9. The molecule has 2 heterocycles. The van der Waals surface area contributed by atoms with Crippen LogP contribution in [0.3, 0.4) is 0 Å². The molecule has 1 saturated heterocycles. The number of carbonyl (C=O) groups excluding carboxylic acids is 2. The maximum atomic E-state index is 12.6. The summed E-state index contributed by atoms with van der Waals surface area (Å²) in [5.74, 6) is -0.358. The Bertz CT molecular complexity index is 1580. The molecule has 246 valence electrons. The van der Waals surface area contributed by atoms with Crippen LogP contribution >= 0.6 is 0 Å². The van der Waals surface area contributed by atoms with E-state index < -0.39 is 6.29 Å². The van der Waals surface area contributed by atoms with Crippen molar-refractivity contribution in [2.24, 2.45) is 0 Å². The largest absolute Gasteiger partial charge is 0.397 e. The fourth-order valence-corrected chi connectivity index (χ4v) is 5.50. The zero-order valence-corrected chi connectivity index (χ0v) is 26.7. The molecule has 5 rings (SSSR count). The van der Waals surface area contributed by atoms with Gasteiger partial charge in [-0.15, -0.1) is 0 Å². The number of nitrogen functional groups attached to an aromatic ring is 1. The number of hydrogen-bond donors (Lipinski definition) is 4. The lowest BCUT2D eigenvalue weighted by atomic mass is 9.99. The molecule has 10 heteroatoms. The lowest BCUT2D eigenvalue weighted by Crippen LogP contribution is -2.38. The Hall–Kier alpha value is -4.61. The van der Waals surface area contributed by atoms with Gasteiger partial charge in [0.1, 0.15) is 0 Å². The van der Waals surface area contributed by atoms with Gasteiger partial charge in [-0.3, -0.25) is 14.6 Å².